The van der Waals surface area contributed by atoms with Crippen LogP contribution in [0.25, 0.3) is 11.4 Å². The van der Waals surface area contributed by atoms with Crippen LogP contribution in [0.15, 0.2) is 18.8 Å². The lowest BCUT2D eigenvalue weighted by Gasteiger charge is -2.07. The second-order valence-electron chi connectivity index (χ2n) is 3.63. The SMILES string of the molecule is COCCn1c(-c2cc(Br)sc2Br)nnc1S(=O)(=O)Cl. The summed E-state index contributed by atoms with van der Waals surface area (Å²) in [5.74, 6) is 0.412. The number of hydrogen-bond donors (Lipinski definition) is 0. The molecule has 0 aliphatic carbocycles. The van der Waals surface area contributed by atoms with Crippen molar-refractivity contribution < 1.29 is 13.2 Å². The van der Waals surface area contributed by atoms with Crippen molar-refractivity contribution in [2.24, 2.45) is 0 Å². The zero-order valence-electron chi connectivity index (χ0n) is 10.0. The molecule has 0 aliphatic heterocycles. The topological polar surface area (TPSA) is 74.1 Å². The molecule has 6 nitrogen and oxygen atoms in total. The number of aromatic nitrogens is 3. The maximum atomic E-state index is 11.5. The molecule has 0 aromatic carbocycles. The van der Waals surface area contributed by atoms with Gasteiger partial charge in [0.2, 0.25) is 0 Å². The third-order valence-corrected chi connectivity index (χ3v) is 5.84. The highest BCUT2D eigenvalue weighted by Gasteiger charge is 2.24. The van der Waals surface area contributed by atoms with Crippen LogP contribution in [-0.2, 0) is 20.3 Å². The van der Waals surface area contributed by atoms with Gasteiger partial charge in [-0.05, 0) is 37.9 Å². The number of thiophene rings is 1. The Balaban J connectivity index is 2.59. The number of rotatable bonds is 5. The molecule has 0 radical (unpaired) electrons. The lowest BCUT2D eigenvalue weighted by molar-refractivity contribution is 0.185. The molecule has 20 heavy (non-hydrogen) atoms. The van der Waals surface area contributed by atoms with Crippen LogP contribution < -0.4 is 0 Å². The average Bonchev–Trinajstić information content (AvgIpc) is 2.88. The van der Waals surface area contributed by atoms with E-state index in [4.69, 9.17) is 15.4 Å². The van der Waals surface area contributed by atoms with Crippen LogP contribution in [0.1, 0.15) is 0 Å². The minimum Gasteiger partial charge on any atom is -0.383 e. The van der Waals surface area contributed by atoms with E-state index < -0.39 is 9.05 Å². The summed E-state index contributed by atoms with van der Waals surface area (Å²) in [5, 5.41) is 7.31. The quantitative estimate of drug-likeness (QED) is 0.635. The predicted molar refractivity (Wildman–Crippen MR) is 83.6 cm³/mol. The molecular weight excluding hydrogens is 458 g/mol. The first kappa shape index (κ1) is 16.4. The van der Waals surface area contributed by atoms with E-state index in [0.717, 1.165) is 13.1 Å². The molecule has 0 fully saturated rings. The van der Waals surface area contributed by atoms with Crippen molar-refractivity contribution in [1.82, 2.24) is 14.8 Å². The van der Waals surface area contributed by atoms with Gasteiger partial charge in [-0.3, -0.25) is 4.57 Å². The Morgan fingerprint density at radius 2 is 2.15 bits per heavy atom. The first-order valence-corrected chi connectivity index (χ1v) is 9.87. The Kier molecular flexibility index (Phi) is 5.24. The summed E-state index contributed by atoms with van der Waals surface area (Å²) >= 11 is 8.23. The van der Waals surface area contributed by atoms with Crippen molar-refractivity contribution in [3.63, 3.8) is 0 Å². The minimum absolute atomic E-state index is 0.278. The number of ether oxygens (including phenoxy) is 1. The predicted octanol–water partition coefficient (Wildman–Crippen LogP) is 3.11. The fourth-order valence-electron chi connectivity index (χ4n) is 1.55. The molecule has 11 heteroatoms. The molecule has 110 valence electrons. The number of nitrogens with zero attached hydrogens (tertiary/aromatic N) is 3. The Morgan fingerprint density at radius 1 is 1.45 bits per heavy atom. The highest BCUT2D eigenvalue weighted by molar-refractivity contribution is 9.12. The van der Waals surface area contributed by atoms with Crippen molar-refractivity contribution >= 4 is 62.9 Å². The maximum absolute atomic E-state index is 11.5. The molecule has 2 aromatic heterocycles. The van der Waals surface area contributed by atoms with Crippen molar-refractivity contribution in [1.29, 1.82) is 0 Å². The molecule has 2 rings (SSSR count). The standard InChI is InChI=1S/C9H8Br2ClN3O3S2/c1-18-3-2-15-8(5-4-6(10)19-7(5)11)13-14-9(15)20(12,16)17/h4H,2-3H2,1H3. The second kappa shape index (κ2) is 6.41. The summed E-state index contributed by atoms with van der Waals surface area (Å²) in [6, 6.07) is 1.83. The van der Waals surface area contributed by atoms with Gasteiger partial charge in [0.25, 0.3) is 14.2 Å². The third-order valence-electron chi connectivity index (χ3n) is 2.35. The van der Waals surface area contributed by atoms with Crippen LogP contribution >= 0.6 is 53.9 Å². The normalized spacial score (nSPS) is 12.0. The van der Waals surface area contributed by atoms with E-state index in [2.05, 4.69) is 42.1 Å². The molecule has 0 saturated heterocycles. The van der Waals surface area contributed by atoms with Gasteiger partial charge in [0.1, 0.15) is 0 Å². The molecule has 2 heterocycles. The van der Waals surface area contributed by atoms with Crippen LogP contribution in [-0.4, -0.2) is 36.9 Å². The number of hydrogen-bond acceptors (Lipinski definition) is 6. The first-order chi connectivity index (χ1) is 9.34. The van der Waals surface area contributed by atoms with Crippen LogP contribution in [0.5, 0.6) is 0 Å². The smallest absolute Gasteiger partial charge is 0.296 e. The van der Waals surface area contributed by atoms with E-state index in [0.29, 0.717) is 12.4 Å². The second-order valence-corrected chi connectivity index (χ2v) is 9.84. The molecule has 0 spiro atoms. The van der Waals surface area contributed by atoms with Gasteiger partial charge in [-0.1, -0.05) is 0 Å². The Hall–Kier alpha value is -0.000000000000000167. The van der Waals surface area contributed by atoms with Gasteiger partial charge in [-0.2, -0.15) is 0 Å². The highest BCUT2D eigenvalue weighted by atomic mass is 79.9. The zero-order chi connectivity index (χ0) is 14.9. The maximum Gasteiger partial charge on any atom is 0.296 e. The number of halogens is 3. The van der Waals surface area contributed by atoms with Gasteiger partial charge in [0.05, 0.1) is 20.7 Å². The molecule has 0 unspecified atom stereocenters. The van der Waals surface area contributed by atoms with Crippen molar-refractivity contribution in [2.75, 3.05) is 13.7 Å². The van der Waals surface area contributed by atoms with E-state index >= 15 is 0 Å². The van der Waals surface area contributed by atoms with Gasteiger partial charge in [0.15, 0.2) is 5.82 Å². The van der Waals surface area contributed by atoms with Crippen LogP contribution in [0.2, 0.25) is 0 Å². The van der Waals surface area contributed by atoms with Crippen molar-refractivity contribution in [3.8, 4) is 11.4 Å². The fourth-order valence-corrected chi connectivity index (χ4v) is 5.26. The van der Waals surface area contributed by atoms with Gasteiger partial charge in [-0.25, -0.2) is 8.42 Å². The monoisotopic (exact) mass is 463 g/mol. The molecule has 0 aliphatic rings. The lowest BCUT2D eigenvalue weighted by Crippen LogP contribution is -2.11. The third kappa shape index (κ3) is 3.42. The molecule has 0 bridgehead atoms. The van der Waals surface area contributed by atoms with Gasteiger partial charge in [-0.15, -0.1) is 21.5 Å². The molecule has 0 atom stereocenters. The van der Waals surface area contributed by atoms with E-state index in [1.54, 1.807) is 0 Å². The number of methoxy groups -OCH3 is 1. The first-order valence-electron chi connectivity index (χ1n) is 5.16. The molecular formula is C9H8Br2ClN3O3S2. The Bertz CT molecular complexity index is 729. The molecule has 0 N–H and O–H groups in total. The largest absolute Gasteiger partial charge is 0.383 e. The van der Waals surface area contributed by atoms with Gasteiger partial charge < -0.3 is 4.74 Å². The Morgan fingerprint density at radius 3 is 2.65 bits per heavy atom. The summed E-state index contributed by atoms with van der Waals surface area (Å²) in [6.07, 6.45) is 0. The summed E-state index contributed by atoms with van der Waals surface area (Å²) in [5.41, 5.74) is 0.733. The van der Waals surface area contributed by atoms with Crippen molar-refractivity contribution in [3.05, 3.63) is 13.6 Å². The minimum atomic E-state index is -3.97. The summed E-state index contributed by atoms with van der Waals surface area (Å²) in [7, 11) is 2.93. The van der Waals surface area contributed by atoms with E-state index in [-0.39, 0.29) is 11.7 Å². The lowest BCUT2D eigenvalue weighted by atomic mass is 10.3. The van der Waals surface area contributed by atoms with Crippen molar-refractivity contribution in [2.45, 2.75) is 11.7 Å². The van der Waals surface area contributed by atoms with Gasteiger partial charge in [0, 0.05) is 23.4 Å². The molecule has 0 amide bonds. The molecule has 0 saturated carbocycles. The Labute approximate surface area is 140 Å². The summed E-state index contributed by atoms with van der Waals surface area (Å²) in [4.78, 5) is 0. The average molecular weight is 466 g/mol. The summed E-state index contributed by atoms with van der Waals surface area (Å²) in [6.45, 7) is 0.591. The van der Waals surface area contributed by atoms with E-state index in [1.165, 1.54) is 23.0 Å². The fraction of sp³-hybridized carbons (Fsp3) is 0.333. The molecule has 2 aromatic rings. The zero-order valence-corrected chi connectivity index (χ0v) is 15.6. The highest BCUT2D eigenvalue weighted by Crippen LogP contribution is 2.38. The van der Waals surface area contributed by atoms with E-state index in [9.17, 15) is 8.42 Å². The summed E-state index contributed by atoms with van der Waals surface area (Å²) < 4.78 is 31.2. The van der Waals surface area contributed by atoms with Crippen LogP contribution in [0.3, 0.4) is 0 Å². The van der Waals surface area contributed by atoms with Crippen LogP contribution in [0.4, 0.5) is 0 Å². The van der Waals surface area contributed by atoms with Crippen LogP contribution in [0, 0.1) is 0 Å². The van der Waals surface area contributed by atoms with E-state index in [1.807, 2.05) is 6.07 Å². The van der Waals surface area contributed by atoms with Gasteiger partial charge >= 0.3 is 0 Å².